The molecule has 0 saturated carbocycles. The van der Waals surface area contributed by atoms with Gasteiger partial charge in [-0.2, -0.15) is 0 Å². The van der Waals surface area contributed by atoms with Gasteiger partial charge >= 0.3 is 5.97 Å². The molecule has 1 saturated heterocycles. The van der Waals surface area contributed by atoms with E-state index in [1.165, 1.54) is 128 Å². The lowest BCUT2D eigenvalue weighted by molar-refractivity contribution is -0.305. The number of carbonyl (C=O) groups is 2. The Hall–Kier alpha value is -3.42. The molecule has 8 unspecified atom stereocenters. The summed E-state index contributed by atoms with van der Waals surface area (Å²) in [5.74, 6) is -1.29. The van der Waals surface area contributed by atoms with Crippen LogP contribution in [0.15, 0.2) is 97.2 Å². The highest BCUT2D eigenvalue weighted by Gasteiger charge is 2.47. The summed E-state index contributed by atoms with van der Waals surface area (Å²) >= 11 is 0. The number of allylic oxidation sites excluding steroid dienone is 15. The van der Waals surface area contributed by atoms with Gasteiger partial charge in [0.1, 0.15) is 24.4 Å². The second kappa shape index (κ2) is 55.1. The highest BCUT2D eigenvalue weighted by molar-refractivity contribution is 5.80. The van der Waals surface area contributed by atoms with Gasteiger partial charge in [-0.3, -0.25) is 9.59 Å². The maximum atomic E-state index is 13.4. The molecular weight excluding hydrogens is 991 g/mol. The predicted molar refractivity (Wildman–Crippen MR) is 329 cm³/mol. The van der Waals surface area contributed by atoms with Gasteiger partial charge in [0.25, 0.3) is 0 Å². The minimum atomic E-state index is -1.65. The number of carbonyl (C=O) groups excluding carboxylic acids is 2. The van der Waals surface area contributed by atoms with Crippen LogP contribution in [0.3, 0.4) is 0 Å². The molecule has 454 valence electrons. The van der Waals surface area contributed by atoms with Crippen molar-refractivity contribution in [1.29, 1.82) is 0 Å². The Balaban J connectivity index is 2.68. The molecule has 1 amide bonds. The molecule has 1 heterocycles. The minimum absolute atomic E-state index is 0.00543. The Morgan fingerprint density at radius 3 is 1.37 bits per heavy atom. The molecule has 0 aliphatic carbocycles. The van der Waals surface area contributed by atoms with Gasteiger partial charge in [-0.15, -0.1) is 0 Å². The summed E-state index contributed by atoms with van der Waals surface area (Å²) in [5, 5.41) is 57.0. The second-order valence-corrected chi connectivity index (χ2v) is 21.8. The molecule has 1 fully saturated rings. The van der Waals surface area contributed by atoms with Crippen LogP contribution >= 0.6 is 0 Å². The molecule has 0 aromatic rings. The van der Waals surface area contributed by atoms with Crippen molar-refractivity contribution < 1.29 is 49.3 Å². The van der Waals surface area contributed by atoms with Gasteiger partial charge in [-0.05, 0) is 89.9 Å². The Kier molecular flexibility index (Phi) is 51.4. The Labute approximate surface area is 482 Å². The van der Waals surface area contributed by atoms with Crippen molar-refractivity contribution >= 4 is 11.9 Å². The van der Waals surface area contributed by atoms with E-state index in [1.54, 1.807) is 6.08 Å². The van der Waals surface area contributed by atoms with Crippen molar-refractivity contribution in [2.75, 3.05) is 13.2 Å². The monoisotopic (exact) mass is 1110 g/mol. The number of ether oxygens (including phenoxy) is 3. The number of hydrogen-bond donors (Lipinski definition) is 6. The number of nitrogens with one attached hydrogen (secondary N) is 1. The number of amides is 1. The molecule has 79 heavy (non-hydrogen) atoms. The maximum absolute atomic E-state index is 13.4. The van der Waals surface area contributed by atoms with E-state index < -0.39 is 67.4 Å². The zero-order valence-corrected chi connectivity index (χ0v) is 50.2. The molecule has 1 rings (SSSR count). The molecule has 1 aliphatic heterocycles. The van der Waals surface area contributed by atoms with Gasteiger partial charge < -0.3 is 45.1 Å². The highest BCUT2D eigenvalue weighted by atomic mass is 16.7. The van der Waals surface area contributed by atoms with Gasteiger partial charge in [-0.25, -0.2) is 0 Å². The Bertz CT molecular complexity index is 1650. The van der Waals surface area contributed by atoms with Crippen LogP contribution in [-0.4, -0.2) is 99.6 Å². The van der Waals surface area contributed by atoms with E-state index in [0.29, 0.717) is 19.3 Å². The summed E-state index contributed by atoms with van der Waals surface area (Å²) in [5.41, 5.74) is 0. The van der Waals surface area contributed by atoms with Crippen LogP contribution in [-0.2, 0) is 23.8 Å². The fourth-order valence-corrected chi connectivity index (χ4v) is 9.44. The molecule has 8 atom stereocenters. The van der Waals surface area contributed by atoms with Crippen LogP contribution in [0.5, 0.6) is 0 Å². The molecule has 11 nitrogen and oxygen atoms in total. The van der Waals surface area contributed by atoms with Crippen LogP contribution < -0.4 is 5.32 Å². The van der Waals surface area contributed by atoms with Crippen molar-refractivity contribution in [3.8, 4) is 0 Å². The van der Waals surface area contributed by atoms with Crippen molar-refractivity contribution in [3.05, 3.63) is 97.2 Å². The van der Waals surface area contributed by atoms with Crippen LogP contribution in [0, 0.1) is 0 Å². The van der Waals surface area contributed by atoms with Gasteiger partial charge in [0.15, 0.2) is 12.4 Å². The molecule has 0 spiro atoms. The Morgan fingerprint density at radius 2 is 0.911 bits per heavy atom. The lowest BCUT2D eigenvalue weighted by Gasteiger charge is -2.41. The first-order chi connectivity index (χ1) is 38.7. The first-order valence-electron chi connectivity index (χ1n) is 32.0. The first-order valence-corrected chi connectivity index (χ1v) is 32.0. The molecule has 11 heteroatoms. The SMILES string of the molecule is CC/C=C\C/C=C\C/C=C\C/C=C\C/C=C\C/C=C\CCC(=O)OC1C(OCC(NC(=O)C(O)CCCCCCCCCCCC/C=C/CCCCCCCC)C(O)/C=C/CCCCCCCCCCC)OC(CO)C(O)C1O. The molecule has 0 aromatic carbocycles. The van der Waals surface area contributed by atoms with E-state index in [-0.39, 0.29) is 19.4 Å². The van der Waals surface area contributed by atoms with Crippen LogP contribution in [0.1, 0.15) is 258 Å². The van der Waals surface area contributed by atoms with Crippen molar-refractivity contribution in [1.82, 2.24) is 5.32 Å². The topological polar surface area (TPSA) is 175 Å². The number of unbranched alkanes of at least 4 members (excludes halogenated alkanes) is 25. The average molecular weight is 1110 g/mol. The zero-order valence-electron chi connectivity index (χ0n) is 50.2. The van der Waals surface area contributed by atoms with E-state index in [0.717, 1.165) is 77.0 Å². The Morgan fingerprint density at radius 1 is 0.506 bits per heavy atom. The van der Waals surface area contributed by atoms with E-state index >= 15 is 0 Å². The number of hydrogen-bond acceptors (Lipinski definition) is 10. The number of esters is 1. The lowest BCUT2D eigenvalue weighted by Crippen LogP contribution is -2.61. The normalized spacial score (nSPS) is 19.5. The molecular formula is C68H117NO10. The minimum Gasteiger partial charge on any atom is -0.454 e. The summed E-state index contributed by atoms with van der Waals surface area (Å²) in [6.07, 6.45) is 63.2. The quantitative estimate of drug-likeness (QED) is 0.0195. The standard InChI is InChI=1S/C68H117NO10/c1-4-7-10-13-16-19-22-24-26-28-30-32-33-35-37-40-43-46-49-52-55-61(72)67(76)69-59(60(71)54-51-48-45-42-39-21-18-15-12-9-6-3)58-77-68-66(65(75)64(74)62(57-70)78-68)79-63(73)56-53-50-47-44-41-38-36-34-31-29-27-25-23-20-17-14-11-8-5-2/h8,11,17,20,24-27,31,34,38,41,47,50-51,54,59-62,64-66,68,70-72,74-75H,4-7,9-10,12-16,18-19,21-23,28-30,32-33,35-37,39-40,42-46,48-49,52-53,55-58H2,1-3H3,(H,69,76)/b11-8-,20-17-,26-24+,27-25-,34-31-,41-38-,50-47-,54-51+. The molecule has 0 aromatic heterocycles. The summed E-state index contributed by atoms with van der Waals surface area (Å²) in [7, 11) is 0. The van der Waals surface area contributed by atoms with Crippen molar-refractivity contribution in [2.45, 2.75) is 307 Å². The molecule has 6 N–H and O–H groups in total. The van der Waals surface area contributed by atoms with Crippen LogP contribution in [0.25, 0.3) is 0 Å². The second-order valence-electron chi connectivity index (χ2n) is 21.8. The number of aliphatic hydroxyl groups is 5. The van der Waals surface area contributed by atoms with Gasteiger partial charge in [0.05, 0.1) is 25.4 Å². The largest absolute Gasteiger partial charge is 0.454 e. The number of aliphatic hydroxyl groups excluding tert-OH is 5. The molecule has 0 radical (unpaired) electrons. The van der Waals surface area contributed by atoms with Gasteiger partial charge in [0, 0.05) is 6.42 Å². The molecule has 0 bridgehead atoms. The third-order valence-corrected chi connectivity index (χ3v) is 14.5. The van der Waals surface area contributed by atoms with Crippen molar-refractivity contribution in [2.24, 2.45) is 0 Å². The van der Waals surface area contributed by atoms with Crippen molar-refractivity contribution in [3.63, 3.8) is 0 Å². The summed E-state index contributed by atoms with van der Waals surface area (Å²) in [6, 6.07) is -1.04. The van der Waals surface area contributed by atoms with E-state index in [1.807, 2.05) is 18.2 Å². The number of rotatable bonds is 53. The predicted octanol–water partition coefficient (Wildman–Crippen LogP) is 15.5. The summed E-state index contributed by atoms with van der Waals surface area (Å²) in [4.78, 5) is 26.5. The van der Waals surface area contributed by atoms with E-state index in [4.69, 9.17) is 14.2 Å². The molecule has 1 aliphatic rings. The van der Waals surface area contributed by atoms with Crippen LogP contribution in [0.4, 0.5) is 0 Å². The van der Waals surface area contributed by atoms with E-state index in [2.05, 4.69) is 99.0 Å². The highest BCUT2D eigenvalue weighted by Crippen LogP contribution is 2.26. The van der Waals surface area contributed by atoms with Gasteiger partial charge in [-0.1, -0.05) is 259 Å². The zero-order chi connectivity index (χ0) is 57.5. The smallest absolute Gasteiger partial charge is 0.306 e. The summed E-state index contributed by atoms with van der Waals surface area (Å²) in [6.45, 7) is 5.63. The third kappa shape index (κ3) is 43.0. The fraction of sp³-hybridized carbons (Fsp3) is 0.735. The fourth-order valence-electron chi connectivity index (χ4n) is 9.44. The van der Waals surface area contributed by atoms with Crippen LogP contribution in [0.2, 0.25) is 0 Å². The third-order valence-electron chi connectivity index (χ3n) is 14.5. The van der Waals surface area contributed by atoms with E-state index in [9.17, 15) is 35.1 Å². The van der Waals surface area contributed by atoms with Gasteiger partial charge in [0.2, 0.25) is 5.91 Å². The maximum Gasteiger partial charge on any atom is 0.306 e. The first kappa shape index (κ1) is 73.6. The average Bonchev–Trinajstić information content (AvgIpc) is 3.47. The lowest BCUT2D eigenvalue weighted by atomic mass is 9.99. The summed E-state index contributed by atoms with van der Waals surface area (Å²) < 4.78 is 17.5.